The first-order valence-electron chi connectivity index (χ1n) is 10.6. The Bertz CT molecular complexity index is 1590. The number of hydrogen-bond donors (Lipinski definition) is 0. The molecule has 0 saturated carbocycles. The van der Waals surface area contributed by atoms with Gasteiger partial charge in [-0.25, -0.2) is 0 Å². The first kappa shape index (κ1) is 17.7. The first-order valence-corrected chi connectivity index (χ1v) is 10.6. The molecule has 0 fully saturated rings. The largest absolute Gasteiger partial charge is 0.316 e. The zero-order chi connectivity index (χ0) is 20.8. The summed E-state index contributed by atoms with van der Waals surface area (Å²) in [5, 5.41) is 6.21. The van der Waals surface area contributed by atoms with Crippen molar-refractivity contribution >= 4 is 38.0 Å². The molecule has 0 bridgehead atoms. The number of rotatable bonds is 3. The van der Waals surface area contributed by atoms with Crippen molar-refractivity contribution < 1.29 is 0 Å². The molecule has 1 nitrogen and oxygen atoms in total. The highest BCUT2D eigenvalue weighted by Gasteiger charge is 2.15. The van der Waals surface area contributed by atoms with Gasteiger partial charge in [0.25, 0.3) is 0 Å². The van der Waals surface area contributed by atoms with E-state index in [1.54, 1.807) is 0 Å². The van der Waals surface area contributed by atoms with Crippen LogP contribution in [0.1, 0.15) is 11.1 Å². The molecule has 0 N–H and O–H groups in total. The van der Waals surface area contributed by atoms with Crippen molar-refractivity contribution in [3.63, 3.8) is 0 Å². The molecule has 0 aliphatic heterocycles. The van der Waals surface area contributed by atoms with E-state index in [-0.39, 0.29) is 0 Å². The van der Waals surface area contributed by atoms with Gasteiger partial charge < -0.3 is 4.57 Å². The zero-order valence-electron chi connectivity index (χ0n) is 17.1. The highest BCUT2D eigenvalue weighted by Crippen LogP contribution is 2.36. The Morgan fingerprint density at radius 1 is 0.548 bits per heavy atom. The predicted octanol–water partition coefficient (Wildman–Crippen LogP) is 8.00. The summed E-state index contributed by atoms with van der Waals surface area (Å²) in [6, 6.07) is 38.7. The molecule has 1 heteroatoms. The Morgan fingerprint density at radius 3 is 2.06 bits per heavy atom. The van der Waals surface area contributed by atoms with Crippen LogP contribution in [0, 0.1) is 0 Å². The molecule has 6 aromatic rings. The lowest BCUT2D eigenvalue weighted by molar-refractivity contribution is 1.12. The molecular weight excluding hydrogens is 374 g/mol. The van der Waals surface area contributed by atoms with Crippen molar-refractivity contribution in [1.82, 2.24) is 4.57 Å². The molecule has 0 saturated heterocycles. The van der Waals surface area contributed by atoms with Crippen LogP contribution in [0.4, 0.5) is 0 Å². The minimum Gasteiger partial charge on any atom is -0.316 e. The van der Waals surface area contributed by atoms with E-state index in [0.717, 1.165) is 11.3 Å². The van der Waals surface area contributed by atoms with Crippen LogP contribution in [0.2, 0.25) is 0 Å². The monoisotopic (exact) mass is 395 g/mol. The molecule has 0 amide bonds. The number of aromatic nitrogens is 1. The molecule has 0 radical (unpaired) electrons. The van der Waals surface area contributed by atoms with E-state index < -0.39 is 0 Å². The number of hydrogen-bond acceptors (Lipinski definition) is 0. The number of nitrogens with zero attached hydrogens (tertiary/aromatic N) is 1. The minimum atomic E-state index is 1.05. The lowest BCUT2D eigenvalue weighted by Gasteiger charge is -2.11. The van der Waals surface area contributed by atoms with Crippen LogP contribution in [-0.4, -0.2) is 4.57 Å². The van der Waals surface area contributed by atoms with Gasteiger partial charge in [-0.15, -0.1) is 0 Å². The van der Waals surface area contributed by atoms with Gasteiger partial charge in [0, 0.05) is 22.8 Å². The molecule has 31 heavy (non-hydrogen) atoms. The Hall–Kier alpha value is -4.10. The van der Waals surface area contributed by atoms with E-state index >= 15 is 0 Å². The molecule has 0 aliphatic rings. The van der Waals surface area contributed by atoms with Crippen molar-refractivity contribution in [2.45, 2.75) is 0 Å². The summed E-state index contributed by atoms with van der Waals surface area (Å²) in [7, 11) is 0. The number of benzene rings is 5. The highest BCUT2D eigenvalue weighted by atomic mass is 15.0. The number of para-hydroxylation sites is 2. The predicted molar refractivity (Wildman–Crippen MR) is 133 cm³/mol. The molecular formula is C30H21N. The fraction of sp³-hybridized carbons (Fsp3) is 0. The van der Waals surface area contributed by atoms with Crippen LogP contribution in [0.25, 0.3) is 43.7 Å². The van der Waals surface area contributed by atoms with E-state index in [1.165, 1.54) is 43.6 Å². The average Bonchev–Trinajstić information content (AvgIpc) is 3.22. The highest BCUT2D eigenvalue weighted by molar-refractivity contribution is 6.07. The topological polar surface area (TPSA) is 4.93 Å². The summed E-state index contributed by atoms with van der Waals surface area (Å²) < 4.78 is 2.26. The molecule has 6 rings (SSSR count). The smallest absolute Gasteiger partial charge is 0.0534 e. The van der Waals surface area contributed by atoms with Gasteiger partial charge in [-0.05, 0) is 63.0 Å². The van der Waals surface area contributed by atoms with E-state index in [1.807, 2.05) is 0 Å². The lowest BCUT2D eigenvalue weighted by atomic mass is 9.92. The molecule has 0 spiro atoms. The molecule has 0 unspecified atom stereocenters. The van der Waals surface area contributed by atoms with Gasteiger partial charge in [0.1, 0.15) is 0 Å². The number of fused-ring (bicyclic) bond motifs is 3. The van der Waals surface area contributed by atoms with Crippen molar-refractivity contribution in [1.29, 1.82) is 0 Å². The second-order valence-electron chi connectivity index (χ2n) is 7.97. The second-order valence-corrected chi connectivity index (χ2v) is 7.97. The average molecular weight is 396 g/mol. The Morgan fingerprint density at radius 2 is 1.23 bits per heavy atom. The van der Waals surface area contributed by atoms with Gasteiger partial charge in [0.15, 0.2) is 0 Å². The fourth-order valence-electron chi connectivity index (χ4n) is 4.60. The quantitative estimate of drug-likeness (QED) is 0.268. The standard InChI is InChI=1S/C30H21N/c1-21(26-16-9-12-24-18-22-10-5-6-11-23(22)19-28(24)26)29-20-31(25-13-3-2-4-14-25)30-17-8-7-15-27(29)30/h2-20H,1H2. The molecule has 0 atom stereocenters. The van der Waals surface area contributed by atoms with Gasteiger partial charge in [-0.2, -0.15) is 0 Å². The summed E-state index contributed by atoms with van der Waals surface area (Å²) in [4.78, 5) is 0. The molecule has 0 aliphatic carbocycles. The second kappa shape index (κ2) is 7.00. The summed E-state index contributed by atoms with van der Waals surface area (Å²) in [5.41, 5.74) is 5.74. The summed E-state index contributed by atoms with van der Waals surface area (Å²) in [6.07, 6.45) is 2.22. The summed E-state index contributed by atoms with van der Waals surface area (Å²) >= 11 is 0. The van der Waals surface area contributed by atoms with Crippen LogP contribution in [0.15, 0.2) is 122 Å². The van der Waals surface area contributed by atoms with Crippen molar-refractivity contribution in [3.8, 4) is 5.69 Å². The lowest BCUT2D eigenvalue weighted by Crippen LogP contribution is -1.91. The summed E-state index contributed by atoms with van der Waals surface area (Å²) in [5.74, 6) is 0. The molecule has 1 aromatic heterocycles. The molecule has 5 aromatic carbocycles. The zero-order valence-corrected chi connectivity index (χ0v) is 17.1. The Balaban J connectivity index is 1.59. The normalized spacial score (nSPS) is 11.4. The maximum atomic E-state index is 4.57. The van der Waals surface area contributed by atoms with Gasteiger partial charge >= 0.3 is 0 Å². The third kappa shape index (κ3) is 2.86. The van der Waals surface area contributed by atoms with Crippen molar-refractivity contribution in [3.05, 3.63) is 133 Å². The molecule has 146 valence electrons. The minimum absolute atomic E-state index is 1.05. The van der Waals surface area contributed by atoms with Crippen LogP contribution in [0.5, 0.6) is 0 Å². The van der Waals surface area contributed by atoms with Crippen LogP contribution in [-0.2, 0) is 0 Å². The van der Waals surface area contributed by atoms with E-state index in [2.05, 4.69) is 127 Å². The fourth-order valence-corrected chi connectivity index (χ4v) is 4.60. The Kier molecular flexibility index (Phi) is 4.00. The summed E-state index contributed by atoms with van der Waals surface area (Å²) in [6.45, 7) is 4.57. The maximum Gasteiger partial charge on any atom is 0.0534 e. The third-order valence-electron chi connectivity index (χ3n) is 6.14. The SMILES string of the molecule is C=C(c1cccc2cc3ccccc3cc12)c1cn(-c2ccccc2)c2ccccc12. The van der Waals surface area contributed by atoms with Crippen LogP contribution < -0.4 is 0 Å². The Labute approximate surface area is 181 Å². The molecule has 1 heterocycles. The first-order chi connectivity index (χ1) is 15.3. The van der Waals surface area contributed by atoms with Crippen molar-refractivity contribution in [2.24, 2.45) is 0 Å². The van der Waals surface area contributed by atoms with Gasteiger partial charge in [0.2, 0.25) is 0 Å². The van der Waals surface area contributed by atoms with E-state index in [0.29, 0.717) is 0 Å². The van der Waals surface area contributed by atoms with Gasteiger partial charge in [-0.1, -0.05) is 85.4 Å². The van der Waals surface area contributed by atoms with Crippen LogP contribution in [0.3, 0.4) is 0 Å². The van der Waals surface area contributed by atoms with Gasteiger partial charge in [-0.3, -0.25) is 0 Å². The van der Waals surface area contributed by atoms with Crippen LogP contribution >= 0.6 is 0 Å². The third-order valence-corrected chi connectivity index (χ3v) is 6.14. The van der Waals surface area contributed by atoms with E-state index in [4.69, 9.17) is 0 Å². The van der Waals surface area contributed by atoms with Crippen molar-refractivity contribution in [2.75, 3.05) is 0 Å². The van der Waals surface area contributed by atoms with Gasteiger partial charge in [0.05, 0.1) is 5.52 Å². The maximum absolute atomic E-state index is 4.57. The van der Waals surface area contributed by atoms with E-state index in [9.17, 15) is 0 Å².